The van der Waals surface area contributed by atoms with Crippen molar-refractivity contribution in [1.82, 2.24) is 10.6 Å². The molecule has 2 amide bonds. The van der Waals surface area contributed by atoms with Crippen molar-refractivity contribution in [2.75, 3.05) is 6.61 Å². The van der Waals surface area contributed by atoms with Crippen molar-refractivity contribution in [3.05, 3.63) is 35.9 Å². The Morgan fingerprint density at radius 1 is 1.12 bits per heavy atom. The third kappa shape index (κ3) is 5.62. The second kappa shape index (κ2) is 9.39. The Balaban J connectivity index is 1.84. The van der Waals surface area contributed by atoms with E-state index in [1.165, 1.54) is 6.42 Å². The van der Waals surface area contributed by atoms with Gasteiger partial charge in [-0.15, -0.1) is 0 Å². The minimum atomic E-state index is -1.46. The molecule has 2 rings (SSSR count). The number of benzene rings is 1. The maximum atomic E-state index is 12.1. The first-order chi connectivity index (χ1) is 11.6. The lowest BCUT2D eigenvalue weighted by Gasteiger charge is -2.27. The standard InChI is InChI=1S/C18H26N2O4/c21-12-15(20-16(22)11-13-7-3-1-4-8-13)17(23)18(24)19-14-9-5-2-6-10-14/h1,3-4,7-8,14-15,17,21,23H,2,5-6,9-12H2,(H,19,24)(H,20,22)/t15-,17?/m0/s1. The van der Waals surface area contributed by atoms with Gasteiger partial charge in [0.1, 0.15) is 0 Å². The zero-order chi connectivity index (χ0) is 17.4. The molecule has 24 heavy (non-hydrogen) atoms. The molecule has 1 unspecified atom stereocenters. The molecule has 1 aliphatic carbocycles. The van der Waals surface area contributed by atoms with Crippen LogP contribution in [0, 0.1) is 0 Å². The highest BCUT2D eigenvalue weighted by Gasteiger charge is 2.28. The highest BCUT2D eigenvalue weighted by Crippen LogP contribution is 2.17. The molecule has 1 fully saturated rings. The highest BCUT2D eigenvalue weighted by molar-refractivity contribution is 5.84. The molecule has 4 N–H and O–H groups in total. The Kier molecular flexibility index (Phi) is 7.21. The SMILES string of the molecule is O=C(Cc1ccccc1)N[C@@H](CO)C(O)C(=O)NC1CCCCC1. The summed E-state index contributed by atoms with van der Waals surface area (Å²) in [6.45, 7) is -0.500. The van der Waals surface area contributed by atoms with E-state index in [4.69, 9.17) is 0 Å². The van der Waals surface area contributed by atoms with E-state index in [1.54, 1.807) is 0 Å². The summed E-state index contributed by atoms with van der Waals surface area (Å²) in [5.41, 5.74) is 0.827. The van der Waals surface area contributed by atoms with Crippen molar-refractivity contribution in [2.24, 2.45) is 0 Å². The molecule has 0 saturated heterocycles. The first kappa shape index (κ1) is 18.4. The van der Waals surface area contributed by atoms with Gasteiger partial charge < -0.3 is 20.8 Å². The van der Waals surface area contributed by atoms with E-state index in [0.29, 0.717) is 0 Å². The van der Waals surface area contributed by atoms with Crippen molar-refractivity contribution in [2.45, 2.75) is 56.7 Å². The number of aliphatic hydroxyl groups excluding tert-OH is 2. The van der Waals surface area contributed by atoms with Crippen LogP contribution in [0.1, 0.15) is 37.7 Å². The molecule has 0 spiro atoms. The van der Waals surface area contributed by atoms with E-state index in [0.717, 1.165) is 31.2 Å². The predicted octanol–water partition coefficient (Wildman–Crippen LogP) is 0.516. The molecule has 2 atom stereocenters. The number of hydrogen-bond donors (Lipinski definition) is 4. The van der Waals surface area contributed by atoms with E-state index in [1.807, 2.05) is 30.3 Å². The second-order valence-electron chi connectivity index (χ2n) is 6.31. The van der Waals surface area contributed by atoms with Crippen LogP contribution in [-0.2, 0) is 16.0 Å². The van der Waals surface area contributed by atoms with Crippen LogP contribution in [0.15, 0.2) is 30.3 Å². The van der Waals surface area contributed by atoms with E-state index >= 15 is 0 Å². The Hall–Kier alpha value is -1.92. The topological polar surface area (TPSA) is 98.7 Å². The number of nitrogens with one attached hydrogen (secondary N) is 2. The van der Waals surface area contributed by atoms with Crippen molar-refractivity contribution >= 4 is 11.8 Å². The van der Waals surface area contributed by atoms with Gasteiger partial charge in [-0.05, 0) is 18.4 Å². The highest BCUT2D eigenvalue weighted by atomic mass is 16.3. The van der Waals surface area contributed by atoms with Crippen molar-refractivity contribution < 1.29 is 19.8 Å². The lowest BCUT2D eigenvalue weighted by atomic mass is 9.95. The quantitative estimate of drug-likeness (QED) is 0.584. The van der Waals surface area contributed by atoms with E-state index in [2.05, 4.69) is 10.6 Å². The summed E-state index contributed by atoms with van der Waals surface area (Å²) in [6, 6.07) is 8.22. The zero-order valence-corrected chi connectivity index (χ0v) is 13.8. The molecule has 0 bridgehead atoms. The molecule has 0 aromatic heterocycles. The third-order valence-electron chi connectivity index (χ3n) is 4.35. The first-order valence-electron chi connectivity index (χ1n) is 8.52. The van der Waals surface area contributed by atoms with Gasteiger partial charge in [0.15, 0.2) is 6.10 Å². The van der Waals surface area contributed by atoms with Crippen molar-refractivity contribution in [1.29, 1.82) is 0 Å². The summed E-state index contributed by atoms with van der Waals surface area (Å²) in [5.74, 6) is -0.884. The summed E-state index contributed by atoms with van der Waals surface area (Å²) >= 11 is 0. The van der Waals surface area contributed by atoms with E-state index in [9.17, 15) is 19.8 Å². The van der Waals surface area contributed by atoms with Gasteiger partial charge in [-0.25, -0.2) is 0 Å². The number of rotatable bonds is 7. The molecule has 0 radical (unpaired) electrons. The molecule has 0 heterocycles. The van der Waals surface area contributed by atoms with Crippen LogP contribution < -0.4 is 10.6 Å². The Morgan fingerprint density at radius 3 is 2.42 bits per heavy atom. The van der Waals surface area contributed by atoms with Gasteiger partial charge >= 0.3 is 0 Å². The molecule has 1 aromatic carbocycles. The average Bonchev–Trinajstić information content (AvgIpc) is 2.60. The molecule has 6 heteroatoms. The number of hydrogen-bond acceptors (Lipinski definition) is 4. The summed E-state index contributed by atoms with van der Waals surface area (Å²) in [6.07, 6.45) is 3.79. The normalized spacial score (nSPS) is 17.8. The maximum absolute atomic E-state index is 12.1. The van der Waals surface area contributed by atoms with Crippen LogP contribution in [0.25, 0.3) is 0 Å². The van der Waals surface area contributed by atoms with Crippen LogP contribution in [0.4, 0.5) is 0 Å². The fourth-order valence-corrected chi connectivity index (χ4v) is 2.98. The lowest BCUT2D eigenvalue weighted by molar-refractivity contribution is -0.133. The van der Waals surface area contributed by atoms with Crippen LogP contribution >= 0.6 is 0 Å². The van der Waals surface area contributed by atoms with Gasteiger partial charge in [0.25, 0.3) is 5.91 Å². The largest absolute Gasteiger partial charge is 0.394 e. The smallest absolute Gasteiger partial charge is 0.251 e. The fraction of sp³-hybridized carbons (Fsp3) is 0.556. The summed E-state index contributed by atoms with van der Waals surface area (Å²) in [7, 11) is 0. The van der Waals surface area contributed by atoms with Gasteiger partial charge in [0.2, 0.25) is 5.91 Å². The predicted molar refractivity (Wildman–Crippen MR) is 90.2 cm³/mol. The van der Waals surface area contributed by atoms with Crippen molar-refractivity contribution in [3.63, 3.8) is 0 Å². The summed E-state index contributed by atoms with van der Waals surface area (Å²) in [4.78, 5) is 24.2. The molecular weight excluding hydrogens is 308 g/mol. The Morgan fingerprint density at radius 2 is 1.79 bits per heavy atom. The van der Waals surface area contributed by atoms with Gasteiger partial charge in [0, 0.05) is 6.04 Å². The molecule has 0 aliphatic heterocycles. The second-order valence-corrected chi connectivity index (χ2v) is 6.31. The van der Waals surface area contributed by atoms with Gasteiger partial charge in [-0.3, -0.25) is 9.59 Å². The van der Waals surface area contributed by atoms with Gasteiger partial charge in [0.05, 0.1) is 19.1 Å². The van der Waals surface area contributed by atoms with Gasteiger partial charge in [-0.2, -0.15) is 0 Å². The van der Waals surface area contributed by atoms with Crippen LogP contribution in [0.5, 0.6) is 0 Å². The molecule has 1 saturated carbocycles. The third-order valence-corrected chi connectivity index (χ3v) is 4.35. The van der Waals surface area contributed by atoms with E-state index < -0.39 is 24.7 Å². The number of amides is 2. The zero-order valence-electron chi connectivity index (χ0n) is 13.8. The van der Waals surface area contributed by atoms with Crippen LogP contribution in [-0.4, -0.2) is 46.8 Å². The Bertz CT molecular complexity index is 529. The Labute approximate surface area is 142 Å². The fourth-order valence-electron chi connectivity index (χ4n) is 2.98. The minimum absolute atomic E-state index is 0.0697. The molecule has 132 valence electrons. The molecule has 1 aliphatic rings. The summed E-state index contributed by atoms with van der Waals surface area (Å²) < 4.78 is 0. The molecular formula is C18H26N2O4. The number of aliphatic hydroxyl groups is 2. The maximum Gasteiger partial charge on any atom is 0.251 e. The molecule has 1 aromatic rings. The average molecular weight is 334 g/mol. The monoisotopic (exact) mass is 334 g/mol. The summed E-state index contributed by atoms with van der Waals surface area (Å²) in [5, 5.41) is 24.9. The number of carbonyl (C=O) groups is 2. The van der Waals surface area contributed by atoms with E-state index in [-0.39, 0.29) is 18.4 Å². The first-order valence-corrected chi connectivity index (χ1v) is 8.52. The van der Waals surface area contributed by atoms with Crippen molar-refractivity contribution in [3.8, 4) is 0 Å². The number of carbonyl (C=O) groups excluding carboxylic acids is 2. The molecule has 6 nitrogen and oxygen atoms in total. The lowest BCUT2D eigenvalue weighted by Crippen LogP contribution is -2.54. The van der Waals surface area contributed by atoms with Crippen LogP contribution in [0.3, 0.4) is 0 Å². The minimum Gasteiger partial charge on any atom is -0.394 e. The van der Waals surface area contributed by atoms with Crippen LogP contribution in [0.2, 0.25) is 0 Å². The van der Waals surface area contributed by atoms with Gasteiger partial charge in [-0.1, -0.05) is 49.6 Å².